The van der Waals surface area contributed by atoms with Gasteiger partial charge in [0.1, 0.15) is 12.4 Å². The van der Waals surface area contributed by atoms with Gasteiger partial charge in [-0.2, -0.15) is 0 Å². The summed E-state index contributed by atoms with van der Waals surface area (Å²) >= 11 is 0. The first-order valence-corrected chi connectivity index (χ1v) is 8.55. The van der Waals surface area contributed by atoms with E-state index < -0.39 is 0 Å². The molecule has 4 heteroatoms. The lowest BCUT2D eigenvalue weighted by Crippen LogP contribution is -2.26. The van der Waals surface area contributed by atoms with Gasteiger partial charge in [0.05, 0.1) is 0 Å². The lowest BCUT2D eigenvalue weighted by Gasteiger charge is -2.09. The molecule has 2 aromatic carbocycles. The highest BCUT2D eigenvalue weighted by molar-refractivity contribution is 5.76. The summed E-state index contributed by atoms with van der Waals surface area (Å²) in [6.07, 6.45) is 2.61. The number of rotatable bonds is 10. The van der Waals surface area contributed by atoms with E-state index in [9.17, 15) is 4.79 Å². The van der Waals surface area contributed by atoms with Crippen molar-refractivity contribution in [2.75, 3.05) is 18.4 Å². The number of hydrogen-bond donors (Lipinski definition) is 2. The minimum Gasteiger partial charge on any atom is -0.489 e. The summed E-state index contributed by atoms with van der Waals surface area (Å²) in [5.41, 5.74) is 2.14. The van der Waals surface area contributed by atoms with E-state index in [1.165, 1.54) is 0 Å². The molecular weight excluding hydrogens is 300 g/mol. The normalized spacial score (nSPS) is 10.2. The van der Waals surface area contributed by atoms with Gasteiger partial charge in [-0.15, -0.1) is 0 Å². The van der Waals surface area contributed by atoms with Crippen molar-refractivity contribution in [1.82, 2.24) is 5.32 Å². The molecule has 0 saturated carbocycles. The van der Waals surface area contributed by atoms with Gasteiger partial charge in [0.15, 0.2) is 0 Å². The second kappa shape index (κ2) is 10.3. The molecule has 0 aliphatic rings. The number of hydrogen-bond acceptors (Lipinski definition) is 3. The average Bonchev–Trinajstić information content (AvgIpc) is 2.62. The number of carbonyl (C=O) groups excluding carboxylic acids is 1. The second-order valence-electron chi connectivity index (χ2n) is 5.68. The summed E-state index contributed by atoms with van der Waals surface area (Å²) in [4.78, 5) is 11.6. The Bertz CT molecular complexity index is 597. The summed E-state index contributed by atoms with van der Waals surface area (Å²) in [5, 5.41) is 6.16. The zero-order chi connectivity index (χ0) is 17.0. The Hall–Kier alpha value is -2.49. The molecule has 0 saturated heterocycles. The van der Waals surface area contributed by atoms with E-state index >= 15 is 0 Å². The van der Waals surface area contributed by atoms with Crippen LogP contribution < -0.4 is 15.4 Å². The molecule has 2 rings (SSSR count). The van der Waals surface area contributed by atoms with E-state index in [1.54, 1.807) is 0 Å². The maximum atomic E-state index is 11.6. The zero-order valence-electron chi connectivity index (χ0n) is 14.3. The Morgan fingerprint density at radius 1 is 1.00 bits per heavy atom. The quantitative estimate of drug-likeness (QED) is 0.649. The van der Waals surface area contributed by atoms with Crippen molar-refractivity contribution in [3.63, 3.8) is 0 Å². The van der Waals surface area contributed by atoms with Crippen LogP contribution in [0.5, 0.6) is 5.75 Å². The first-order chi connectivity index (χ1) is 11.8. The summed E-state index contributed by atoms with van der Waals surface area (Å²) in [6.45, 7) is 4.07. The molecule has 0 spiro atoms. The van der Waals surface area contributed by atoms with E-state index in [0.717, 1.165) is 36.4 Å². The van der Waals surface area contributed by atoms with Gasteiger partial charge in [0, 0.05) is 25.2 Å². The Labute approximate surface area is 144 Å². The van der Waals surface area contributed by atoms with Gasteiger partial charge in [-0.1, -0.05) is 43.7 Å². The fraction of sp³-hybridized carbons (Fsp3) is 0.350. The van der Waals surface area contributed by atoms with Crippen molar-refractivity contribution in [3.05, 3.63) is 60.2 Å². The molecule has 0 bridgehead atoms. The minimum atomic E-state index is 0.0961. The van der Waals surface area contributed by atoms with Gasteiger partial charge in [0.2, 0.25) is 5.91 Å². The Kier molecular flexibility index (Phi) is 7.68. The number of unbranched alkanes of at least 4 members (excludes halogenated alkanes) is 1. The molecule has 0 atom stereocenters. The summed E-state index contributed by atoms with van der Waals surface area (Å²) in [7, 11) is 0. The van der Waals surface area contributed by atoms with Gasteiger partial charge in [-0.05, 0) is 36.2 Å². The molecule has 1 amide bonds. The highest BCUT2D eigenvalue weighted by atomic mass is 16.5. The third-order valence-corrected chi connectivity index (χ3v) is 3.64. The van der Waals surface area contributed by atoms with Gasteiger partial charge in [0.25, 0.3) is 0 Å². The largest absolute Gasteiger partial charge is 0.489 e. The van der Waals surface area contributed by atoms with E-state index in [4.69, 9.17) is 4.74 Å². The number of carbonyl (C=O) groups is 1. The van der Waals surface area contributed by atoms with Crippen LogP contribution >= 0.6 is 0 Å². The van der Waals surface area contributed by atoms with Crippen LogP contribution in [0.4, 0.5) is 5.69 Å². The van der Waals surface area contributed by atoms with Gasteiger partial charge in [-0.3, -0.25) is 4.79 Å². The van der Waals surface area contributed by atoms with Crippen LogP contribution in [0.15, 0.2) is 54.6 Å². The maximum Gasteiger partial charge on any atom is 0.221 e. The molecule has 0 radical (unpaired) electrons. The van der Waals surface area contributed by atoms with Crippen LogP contribution in [-0.2, 0) is 11.4 Å². The first-order valence-electron chi connectivity index (χ1n) is 8.55. The molecule has 0 fully saturated rings. The molecule has 24 heavy (non-hydrogen) atoms. The summed E-state index contributed by atoms with van der Waals surface area (Å²) in [6, 6.07) is 17.9. The average molecular weight is 326 g/mol. The highest BCUT2D eigenvalue weighted by Crippen LogP contribution is 2.17. The third-order valence-electron chi connectivity index (χ3n) is 3.64. The summed E-state index contributed by atoms with van der Waals surface area (Å²) in [5.74, 6) is 0.931. The molecule has 0 heterocycles. The van der Waals surface area contributed by atoms with Crippen molar-refractivity contribution < 1.29 is 9.53 Å². The molecule has 4 nitrogen and oxygen atoms in total. The molecule has 0 aliphatic heterocycles. The predicted octanol–water partition coefficient (Wildman–Crippen LogP) is 3.98. The standard InChI is InChI=1S/C20H26N2O2/c1-2-3-14-22-20(23)13-15-21-18-9-11-19(12-10-18)24-16-17-7-5-4-6-8-17/h4-12,21H,2-3,13-16H2,1H3,(H,22,23). The van der Waals surface area contributed by atoms with Crippen LogP contribution in [-0.4, -0.2) is 19.0 Å². The van der Waals surface area contributed by atoms with Crippen LogP contribution in [0.2, 0.25) is 0 Å². The van der Waals surface area contributed by atoms with E-state index in [1.807, 2.05) is 54.6 Å². The number of nitrogens with one attached hydrogen (secondary N) is 2. The van der Waals surface area contributed by atoms with Crippen LogP contribution in [0, 0.1) is 0 Å². The summed E-state index contributed by atoms with van der Waals surface area (Å²) < 4.78 is 5.75. The monoisotopic (exact) mass is 326 g/mol. The Balaban J connectivity index is 1.67. The lowest BCUT2D eigenvalue weighted by molar-refractivity contribution is -0.120. The maximum absolute atomic E-state index is 11.6. The van der Waals surface area contributed by atoms with Gasteiger partial charge >= 0.3 is 0 Å². The highest BCUT2D eigenvalue weighted by Gasteiger charge is 2.01. The minimum absolute atomic E-state index is 0.0961. The second-order valence-corrected chi connectivity index (χ2v) is 5.68. The van der Waals surface area contributed by atoms with Crippen LogP contribution in [0.25, 0.3) is 0 Å². The number of anilines is 1. The predicted molar refractivity (Wildman–Crippen MR) is 98.2 cm³/mol. The zero-order valence-corrected chi connectivity index (χ0v) is 14.3. The van der Waals surface area contributed by atoms with E-state index in [-0.39, 0.29) is 5.91 Å². The van der Waals surface area contributed by atoms with Gasteiger partial charge in [-0.25, -0.2) is 0 Å². The van der Waals surface area contributed by atoms with Crippen molar-refractivity contribution in [2.24, 2.45) is 0 Å². The molecule has 0 aliphatic carbocycles. The number of ether oxygens (including phenoxy) is 1. The fourth-order valence-corrected chi connectivity index (χ4v) is 2.22. The molecule has 0 aromatic heterocycles. The van der Waals surface area contributed by atoms with Crippen molar-refractivity contribution in [2.45, 2.75) is 32.8 Å². The molecule has 2 N–H and O–H groups in total. The fourth-order valence-electron chi connectivity index (χ4n) is 2.22. The Morgan fingerprint density at radius 3 is 2.46 bits per heavy atom. The smallest absolute Gasteiger partial charge is 0.221 e. The number of amides is 1. The van der Waals surface area contributed by atoms with Gasteiger partial charge < -0.3 is 15.4 Å². The number of benzene rings is 2. The SMILES string of the molecule is CCCCNC(=O)CCNc1ccc(OCc2ccccc2)cc1. The van der Waals surface area contributed by atoms with Crippen LogP contribution in [0.1, 0.15) is 31.7 Å². The van der Waals surface area contributed by atoms with E-state index in [0.29, 0.717) is 19.6 Å². The van der Waals surface area contributed by atoms with Crippen molar-refractivity contribution in [1.29, 1.82) is 0 Å². The van der Waals surface area contributed by atoms with Crippen molar-refractivity contribution in [3.8, 4) is 5.75 Å². The molecule has 0 unspecified atom stereocenters. The lowest BCUT2D eigenvalue weighted by atomic mass is 10.2. The van der Waals surface area contributed by atoms with Crippen molar-refractivity contribution >= 4 is 11.6 Å². The topological polar surface area (TPSA) is 50.4 Å². The Morgan fingerprint density at radius 2 is 1.75 bits per heavy atom. The van der Waals surface area contributed by atoms with Crippen LogP contribution in [0.3, 0.4) is 0 Å². The molecular formula is C20H26N2O2. The first kappa shape index (κ1) is 17.9. The third kappa shape index (κ3) is 6.73. The molecule has 2 aromatic rings. The van der Waals surface area contributed by atoms with E-state index in [2.05, 4.69) is 17.6 Å². The molecule has 128 valence electrons.